The van der Waals surface area contributed by atoms with Gasteiger partial charge < -0.3 is 19.4 Å². The number of carbonyl (C=O) groups excluding carboxylic acids is 2. The van der Waals surface area contributed by atoms with E-state index in [0.29, 0.717) is 55.3 Å². The molecule has 0 atom stereocenters. The van der Waals surface area contributed by atoms with Crippen molar-refractivity contribution in [1.82, 2.24) is 15.2 Å². The molecule has 1 fully saturated rings. The quantitative estimate of drug-likeness (QED) is 0.855. The van der Waals surface area contributed by atoms with Gasteiger partial charge in [0, 0.05) is 24.8 Å². The van der Waals surface area contributed by atoms with Gasteiger partial charge in [-0.05, 0) is 58.7 Å². The van der Waals surface area contributed by atoms with Gasteiger partial charge in [0.15, 0.2) is 0 Å². The summed E-state index contributed by atoms with van der Waals surface area (Å²) in [5, 5.41) is 3.05. The Labute approximate surface area is 165 Å². The van der Waals surface area contributed by atoms with E-state index in [2.05, 4.69) is 10.3 Å². The molecule has 28 heavy (non-hydrogen) atoms. The molecule has 2 aromatic heterocycles. The highest BCUT2D eigenvalue weighted by Crippen LogP contribution is 2.21. The highest BCUT2D eigenvalue weighted by molar-refractivity contribution is 5.97. The lowest BCUT2D eigenvalue weighted by atomic mass is 10.0. The number of ether oxygens (including phenoxy) is 1. The maximum atomic E-state index is 12.9. The van der Waals surface area contributed by atoms with E-state index in [0.717, 1.165) is 11.5 Å². The Hall–Kier alpha value is -2.83. The maximum absolute atomic E-state index is 12.9. The molecular formula is C21H27N3O4. The summed E-state index contributed by atoms with van der Waals surface area (Å²) in [6.45, 7) is 8.96. The second-order valence-electron chi connectivity index (χ2n) is 7.11. The number of likely N-dealkylation sites (tertiary alicyclic amines) is 1. The molecule has 7 nitrogen and oxygen atoms in total. The molecule has 0 aliphatic carbocycles. The van der Waals surface area contributed by atoms with Gasteiger partial charge in [-0.2, -0.15) is 0 Å². The van der Waals surface area contributed by atoms with Gasteiger partial charge >= 0.3 is 0 Å². The summed E-state index contributed by atoms with van der Waals surface area (Å²) in [7, 11) is 0. The topological polar surface area (TPSA) is 84.7 Å². The number of rotatable bonds is 5. The van der Waals surface area contributed by atoms with E-state index >= 15 is 0 Å². The fourth-order valence-electron chi connectivity index (χ4n) is 3.46. The van der Waals surface area contributed by atoms with Crippen LogP contribution < -0.4 is 10.1 Å². The Morgan fingerprint density at radius 2 is 1.93 bits per heavy atom. The molecule has 150 valence electrons. The van der Waals surface area contributed by atoms with Gasteiger partial charge in [-0.25, -0.2) is 4.98 Å². The lowest BCUT2D eigenvalue weighted by molar-refractivity contribution is 0.0693. The second kappa shape index (κ2) is 8.46. The van der Waals surface area contributed by atoms with Crippen LogP contribution in [0.4, 0.5) is 0 Å². The van der Waals surface area contributed by atoms with E-state index < -0.39 is 0 Å². The number of hydrogen-bond acceptors (Lipinski definition) is 5. The normalized spacial score (nSPS) is 14.8. The lowest BCUT2D eigenvalue weighted by Crippen LogP contribution is -2.46. The number of aromatic nitrogens is 1. The first-order chi connectivity index (χ1) is 13.4. The van der Waals surface area contributed by atoms with Crippen LogP contribution in [0.2, 0.25) is 0 Å². The first-order valence-corrected chi connectivity index (χ1v) is 9.66. The molecule has 0 unspecified atom stereocenters. The molecule has 1 aliphatic rings. The molecule has 2 amide bonds. The summed E-state index contributed by atoms with van der Waals surface area (Å²) in [6, 6.07) is 5.38. The van der Waals surface area contributed by atoms with E-state index in [1.807, 2.05) is 26.8 Å². The average molecular weight is 385 g/mol. The minimum absolute atomic E-state index is 0.0358. The number of nitrogens with one attached hydrogen (secondary N) is 1. The van der Waals surface area contributed by atoms with Gasteiger partial charge in [-0.3, -0.25) is 9.59 Å². The van der Waals surface area contributed by atoms with Crippen molar-refractivity contribution < 1.29 is 18.7 Å². The smallest absolute Gasteiger partial charge is 0.259 e. The summed E-state index contributed by atoms with van der Waals surface area (Å²) < 4.78 is 11.0. The van der Waals surface area contributed by atoms with Crippen molar-refractivity contribution in [3.63, 3.8) is 0 Å². The molecular weight excluding hydrogens is 358 g/mol. The van der Waals surface area contributed by atoms with E-state index in [9.17, 15) is 9.59 Å². The zero-order valence-corrected chi connectivity index (χ0v) is 16.9. The van der Waals surface area contributed by atoms with Crippen LogP contribution in [0, 0.1) is 20.8 Å². The number of piperidine rings is 1. The summed E-state index contributed by atoms with van der Waals surface area (Å²) in [5.74, 6) is 1.52. The minimum atomic E-state index is -0.125. The molecule has 3 rings (SSSR count). The zero-order valence-electron chi connectivity index (χ0n) is 16.9. The SMILES string of the molecule is CCOc1nc(C)ccc1C(=O)N1CCC(NC(=O)c2cc(C)oc2C)CC1. The van der Waals surface area contributed by atoms with Gasteiger partial charge in [0.1, 0.15) is 17.1 Å². The number of carbonyl (C=O) groups is 2. The van der Waals surface area contributed by atoms with Gasteiger partial charge in [-0.15, -0.1) is 0 Å². The van der Waals surface area contributed by atoms with Crippen molar-refractivity contribution >= 4 is 11.8 Å². The van der Waals surface area contributed by atoms with Crippen LogP contribution in [0.25, 0.3) is 0 Å². The summed E-state index contributed by atoms with van der Waals surface area (Å²) in [4.78, 5) is 31.5. The average Bonchev–Trinajstić information content (AvgIpc) is 3.00. The van der Waals surface area contributed by atoms with Crippen LogP contribution in [0.5, 0.6) is 5.88 Å². The van der Waals surface area contributed by atoms with Crippen LogP contribution in [0.3, 0.4) is 0 Å². The van der Waals surface area contributed by atoms with Crippen molar-refractivity contribution in [2.24, 2.45) is 0 Å². The second-order valence-corrected chi connectivity index (χ2v) is 7.11. The third kappa shape index (κ3) is 4.35. The largest absolute Gasteiger partial charge is 0.477 e. The number of hydrogen-bond donors (Lipinski definition) is 1. The van der Waals surface area contributed by atoms with Crippen molar-refractivity contribution in [3.8, 4) is 5.88 Å². The predicted octanol–water partition coefficient (Wildman–Crippen LogP) is 3.03. The minimum Gasteiger partial charge on any atom is -0.477 e. The first-order valence-electron chi connectivity index (χ1n) is 9.66. The maximum Gasteiger partial charge on any atom is 0.259 e. The zero-order chi connectivity index (χ0) is 20.3. The molecule has 0 bridgehead atoms. The van der Waals surface area contributed by atoms with E-state index in [4.69, 9.17) is 9.15 Å². The molecule has 1 aliphatic heterocycles. The Bertz CT molecular complexity index is 867. The Balaban J connectivity index is 1.60. The van der Waals surface area contributed by atoms with E-state index in [-0.39, 0.29) is 17.9 Å². The number of pyridine rings is 1. The van der Waals surface area contributed by atoms with E-state index in [1.165, 1.54) is 0 Å². The highest BCUT2D eigenvalue weighted by atomic mass is 16.5. The summed E-state index contributed by atoms with van der Waals surface area (Å²) in [5.41, 5.74) is 1.87. The predicted molar refractivity (Wildman–Crippen MR) is 105 cm³/mol. The van der Waals surface area contributed by atoms with Crippen LogP contribution >= 0.6 is 0 Å². The van der Waals surface area contributed by atoms with Crippen molar-refractivity contribution in [2.75, 3.05) is 19.7 Å². The third-order valence-electron chi connectivity index (χ3n) is 4.91. The van der Waals surface area contributed by atoms with Crippen LogP contribution in [0.15, 0.2) is 22.6 Å². The van der Waals surface area contributed by atoms with Crippen LogP contribution in [-0.4, -0.2) is 47.4 Å². The Morgan fingerprint density at radius 3 is 2.54 bits per heavy atom. The van der Waals surface area contributed by atoms with Gasteiger partial charge in [0.25, 0.3) is 11.8 Å². The molecule has 0 aromatic carbocycles. The van der Waals surface area contributed by atoms with Crippen molar-refractivity contribution in [3.05, 3.63) is 46.5 Å². The highest BCUT2D eigenvalue weighted by Gasteiger charge is 2.27. The third-order valence-corrected chi connectivity index (χ3v) is 4.91. The van der Waals surface area contributed by atoms with Crippen molar-refractivity contribution in [2.45, 2.75) is 46.6 Å². The Morgan fingerprint density at radius 1 is 1.21 bits per heavy atom. The number of amides is 2. The monoisotopic (exact) mass is 385 g/mol. The molecule has 3 heterocycles. The van der Waals surface area contributed by atoms with Gasteiger partial charge in [0.05, 0.1) is 12.2 Å². The number of furan rings is 1. The Kier molecular flexibility index (Phi) is 6.02. The van der Waals surface area contributed by atoms with Gasteiger partial charge in [0.2, 0.25) is 5.88 Å². The molecule has 1 saturated heterocycles. The van der Waals surface area contributed by atoms with Crippen LogP contribution in [0.1, 0.15) is 57.7 Å². The first kappa shape index (κ1) is 19.9. The van der Waals surface area contributed by atoms with Crippen molar-refractivity contribution in [1.29, 1.82) is 0 Å². The van der Waals surface area contributed by atoms with Crippen LogP contribution in [-0.2, 0) is 0 Å². The number of nitrogens with zero attached hydrogens (tertiary/aromatic N) is 2. The fourth-order valence-corrected chi connectivity index (χ4v) is 3.46. The summed E-state index contributed by atoms with van der Waals surface area (Å²) >= 11 is 0. The molecule has 2 aromatic rings. The molecule has 0 radical (unpaired) electrons. The molecule has 1 N–H and O–H groups in total. The lowest BCUT2D eigenvalue weighted by Gasteiger charge is -2.32. The molecule has 0 spiro atoms. The number of aryl methyl sites for hydroxylation is 3. The molecule has 0 saturated carbocycles. The molecule has 7 heteroatoms. The van der Waals surface area contributed by atoms with Gasteiger partial charge in [-0.1, -0.05) is 0 Å². The van der Waals surface area contributed by atoms with E-state index in [1.54, 1.807) is 24.0 Å². The standard InChI is InChI=1S/C21H27N3O4/c1-5-27-20-17(7-6-13(2)22-20)21(26)24-10-8-16(9-11-24)23-19(25)18-12-14(3)28-15(18)4/h6-7,12,16H,5,8-11H2,1-4H3,(H,23,25). The fraction of sp³-hybridized carbons (Fsp3) is 0.476. The summed E-state index contributed by atoms with van der Waals surface area (Å²) in [6.07, 6.45) is 1.41.